The first kappa shape index (κ1) is 14.8. The number of benzene rings is 1. The van der Waals surface area contributed by atoms with E-state index in [1.165, 1.54) is 59.9 Å². The summed E-state index contributed by atoms with van der Waals surface area (Å²) in [6.45, 7) is 8.95. The molecule has 0 atom stereocenters. The van der Waals surface area contributed by atoms with Gasteiger partial charge in [0.15, 0.2) is 0 Å². The molecule has 0 aliphatic heterocycles. The monoisotopic (exact) mass is 242 g/mol. The maximum absolute atomic E-state index is 5.25. The first-order valence-electron chi connectivity index (χ1n) is 7.07. The average molecular weight is 242 g/mol. The van der Waals surface area contributed by atoms with Crippen molar-refractivity contribution in [3.63, 3.8) is 0 Å². The third kappa shape index (κ3) is 3.91. The fourth-order valence-electron chi connectivity index (χ4n) is 2.45. The zero-order valence-corrected chi connectivity index (χ0v) is 12.4. The van der Waals surface area contributed by atoms with Gasteiger partial charge in [-0.15, -0.1) is 12.3 Å². The van der Waals surface area contributed by atoms with Crippen LogP contribution < -0.4 is 0 Å². The van der Waals surface area contributed by atoms with E-state index in [2.05, 4.69) is 39.7 Å². The zero-order valence-electron chi connectivity index (χ0n) is 12.4. The van der Waals surface area contributed by atoms with Crippen LogP contribution in [0.4, 0.5) is 0 Å². The molecule has 0 aromatic heterocycles. The van der Waals surface area contributed by atoms with Gasteiger partial charge >= 0.3 is 0 Å². The Labute approximate surface area is 113 Å². The van der Waals surface area contributed by atoms with Crippen LogP contribution in [0.3, 0.4) is 0 Å². The summed E-state index contributed by atoms with van der Waals surface area (Å²) in [5, 5.41) is 0. The SMILES string of the molecule is C#CCCCCCCc1cc(C)c(C)c(C)c1C. The maximum atomic E-state index is 5.25. The van der Waals surface area contributed by atoms with E-state index in [1.54, 1.807) is 0 Å². The standard InChI is InChI=1S/C18H26/c1-6-7-8-9-10-11-12-18-13-14(2)15(3)16(4)17(18)5/h1,13H,7-12H2,2-5H3. The largest absolute Gasteiger partial charge is 0.120 e. The molecular formula is C18H26. The number of unbranched alkanes of at least 4 members (excludes halogenated alkanes) is 4. The van der Waals surface area contributed by atoms with E-state index < -0.39 is 0 Å². The van der Waals surface area contributed by atoms with Gasteiger partial charge in [-0.25, -0.2) is 0 Å². The Morgan fingerprint density at radius 1 is 0.889 bits per heavy atom. The van der Waals surface area contributed by atoms with Crippen molar-refractivity contribution in [2.45, 2.75) is 66.2 Å². The van der Waals surface area contributed by atoms with Gasteiger partial charge in [-0.05, 0) is 74.8 Å². The highest BCUT2D eigenvalue weighted by Crippen LogP contribution is 2.22. The van der Waals surface area contributed by atoms with Crippen LogP contribution >= 0.6 is 0 Å². The Balaban J connectivity index is 2.51. The summed E-state index contributed by atoms with van der Waals surface area (Å²) in [5.41, 5.74) is 7.37. The van der Waals surface area contributed by atoms with Crippen molar-refractivity contribution in [1.82, 2.24) is 0 Å². The van der Waals surface area contributed by atoms with Crippen LogP contribution in [0.5, 0.6) is 0 Å². The van der Waals surface area contributed by atoms with Gasteiger partial charge in [-0.3, -0.25) is 0 Å². The lowest BCUT2D eigenvalue weighted by Gasteiger charge is -2.14. The van der Waals surface area contributed by atoms with E-state index in [4.69, 9.17) is 6.42 Å². The first-order chi connectivity index (χ1) is 8.57. The molecule has 1 rings (SSSR count). The molecule has 18 heavy (non-hydrogen) atoms. The molecule has 0 heteroatoms. The molecule has 0 N–H and O–H groups in total. The summed E-state index contributed by atoms with van der Waals surface area (Å²) in [6.07, 6.45) is 12.4. The Morgan fingerprint density at radius 3 is 2.22 bits per heavy atom. The van der Waals surface area contributed by atoms with Gasteiger partial charge in [-0.2, -0.15) is 0 Å². The molecule has 98 valence electrons. The Morgan fingerprint density at radius 2 is 1.56 bits per heavy atom. The fourth-order valence-corrected chi connectivity index (χ4v) is 2.45. The van der Waals surface area contributed by atoms with E-state index in [9.17, 15) is 0 Å². The Kier molecular flexibility index (Phi) is 5.99. The summed E-state index contributed by atoms with van der Waals surface area (Å²) in [5.74, 6) is 2.71. The van der Waals surface area contributed by atoms with Gasteiger partial charge in [0.1, 0.15) is 0 Å². The summed E-state index contributed by atoms with van der Waals surface area (Å²) in [6, 6.07) is 2.37. The molecule has 0 unspecified atom stereocenters. The fraction of sp³-hybridized carbons (Fsp3) is 0.556. The molecule has 0 aliphatic carbocycles. The van der Waals surface area contributed by atoms with Gasteiger partial charge in [0, 0.05) is 6.42 Å². The Hall–Kier alpha value is -1.22. The van der Waals surface area contributed by atoms with Gasteiger partial charge in [-0.1, -0.05) is 18.9 Å². The van der Waals surface area contributed by atoms with Gasteiger partial charge < -0.3 is 0 Å². The number of rotatable bonds is 6. The molecule has 0 radical (unpaired) electrons. The maximum Gasteiger partial charge on any atom is 0.00860 e. The topological polar surface area (TPSA) is 0 Å². The van der Waals surface area contributed by atoms with Crippen LogP contribution in [0.2, 0.25) is 0 Å². The van der Waals surface area contributed by atoms with Gasteiger partial charge in [0.2, 0.25) is 0 Å². The number of hydrogen-bond donors (Lipinski definition) is 0. The second-order valence-corrected chi connectivity index (χ2v) is 5.35. The lowest BCUT2D eigenvalue weighted by atomic mass is 9.92. The Bertz CT molecular complexity index is 432. The molecule has 0 heterocycles. The predicted octanol–water partition coefficient (Wildman–Crippen LogP) is 5.05. The highest BCUT2D eigenvalue weighted by atomic mass is 14.1. The molecule has 0 aliphatic rings. The minimum Gasteiger partial charge on any atom is -0.120 e. The zero-order chi connectivity index (χ0) is 13.5. The van der Waals surface area contributed by atoms with E-state index in [0.29, 0.717) is 0 Å². The minimum atomic E-state index is 0.932. The third-order valence-electron chi connectivity index (χ3n) is 4.11. The summed E-state index contributed by atoms with van der Waals surface area (Å²) in [4.78, 5) is 0. The van der Waals surface area contributed by atoms with Crippen LogP contribution in [0.15, 0.2) is 6.07 Å². The summed E-state index contributed by atoms with van der Waals surface area (Å²) in [7, 11) is 0. The molecule has 0 fully saturated rings. The second-order valence-electron chi connectivity index (χ2n) is 5.35. The number of hydrogen-bond acceptors (Lipinski definition) is 0. The highest BCUT2D eigenvalue weighted by Gasteiger charge is 2.06. The van der Waals surface area contributed by atoms with Crippen molar-refractivity contribution < 1.29 is 0 Å². The molecule has 1 aromatic carbocycles. The van der Waals surface area contributed by atoms with E-state index in [1.807, 2.05) is 0 Å². The van der Waals surface area contributed by atoms with Crippen LogP contribution in [-0.4, -0.2) is 0 Å². The number of terminal acetylenes is 1. The highest BCUT2D eigenvalue weighted by molar-refractivity contribution is 5.43. The summed E-state index contributed by atoms with van der Waals surface area (Å²) < 4.78 is 0. The molecule has 0 saturated carbocycles. The molecule has 0 bridgehead atoms. The van der Waals surface area contributed by atoms with E-state index >= 15 is 0 Å². The van der Waals surface area contributed by atoms with Crippen molar-refractivity contribution >= 4 is 0 Å². The van der Waals surface area contributed by atoms with Crippen LogP contribution in [0, 0.1) is 40.0 Å². The molecule has 1 aromatic rings. The van der Waals surface area contributed by atoms with Crippen molar-refractivity contribution in [2.75, 3.05) is 0 Å². The quantitative estimate of drug-likeness (QED) is 0.484. The second kappa shape index (κ2) is 7.27. The predicted molar refractivity (Wildman–Crippen MR) is 81.0 cm³/mol. The molecule has 0 nitrogen and oxygen atoms in total. The molecule has 0 amide bonds. The lowest BCUT2D eigenvalue weighted by Crippen LogP contribution is -1.98. The third-order valence-corrected chi connectivity index (χ3v) is 4.11. The van der Waals surface area contributed by atoms with Crippen molar-refractivity contribution in [1.29, 1.82) is 0 Å². The number of aryl methyl sites for hydroxylation is 2. The van der Waals surface area contributed by atoms with Gasteiger partial charge in [0.25, 0.3) is 0 Å². The van der Waals surface area contributed by atoms with Gasteiger partial charge in [0.05, 0.1) is 0 Å². The van der Waals surface area contributed by atoms with E-state index in [-0.39, 0.29) is 0 Å². The minimum absolute atomic E-state index is 0.932. The first-order valence-corrected chi connectivity index (χ1v) is 7.07. The lowest BCUT2D eigenvalue weighted by molar-refractivity contribution is 0.649. The van der Waals surface area contributed by atoms with Crippen LogP contribution in [0.1, 0.15) is 59.9 Å². The van der Waals surface area contributed by atoms with Crippen molar-refractivity contribution in [2.24, 2.45) is 0 Å². The molecular weight excluding hydrogens is 216 g/mol. The molecule has 0 spiro atoms. The molecule has 0 saturated heterocycles. The normalized spacial score (nSPS) is 10.4. The van der Waals surface area contributed by atoms with Crippen LogP contribution in [0.25, 0.3) is 0 Å². The summed E-state index contributed by atoms with van der Waals surface area (Å²) >= 11 is 0. The van der Waals surface area contributed by atoms with Crippen LogP contribution in [-0.2, 0) is 6.42 Å². The van der Waals surface area contributed by atoms with Crippen molar-refractivity contribution in [3.8, 4) is 12.3 Å². The smallest absolute Gasteiger partial charge is 0.00860 e. The average Bonchev–Trinajstić information content (AvgIpc) is 2.37. The van der Waals surface area contributed by atoms with E-state index in [0.717, 1.165) is 6.42 Å². The van der Waals surface area contributed by atoms with Crippen molar-refractivity contribution in [3.05, 3.63) is 33.9 Å².